The Morgan fingerprint density at radius 1 is 1.00 bits per heavy atom. The molecule has 0 spiro atoms. The Kier molecular flexibility index (Phi) is 1.48. The predicted octanol–water partition coefficient (Wildman–Crippen LogP) is 2.49. The Hall–Kier alpha value is 0.350. The lowest BCUT2D eigenvalue weighted by Gasteiger charge is -2.42. The van der Waals surface area contributed by atoms with Gasteiger partial charge in [-0.2, -0.15) is 12.6 Å². The highest BCUT2D eigenvalue weighted by Gasteiger charge is 2.35. The van der Waals surface area contributed by atoms with Gasteiger partial charge in [0, 0.05) is 5.25 Å². The molecule has 2 aliphatic carbocycles. The average molecular weight is 142 g/mol. The Morgan fingerprint density at radius 2 is 1.67 bits per heavy atom. The van der Waals surface area contributed by atoms with Crippen molar-refractivity contribution < 1.29 is 0 Å². The molecule has 9 heavy (non-hydrogen) atoms. The van der Waals surface area contributed by atoms with Crippen LogP contribution in [0.15, 0.2) is 0 Å². The van der Waals surface area contributed by atoms with Crippen LogP contribution in [0.25, 0.3) is 0 Å². The first kappa shape index (κ1) is 6.09. The molecule has 0 unspecified atom stereocenters. The second kappa shape index (κ2) is 2.19. The van der Waals surface area contributed by atoms with Crippen LogP contribution in [0.1, 0.15) is 32.1 Å². The molecule has 0 saturated heterocycles. The highest BCUT2D eigenvalue weighted by molar-refractivity contribution is 7.81. The highest BCUT2D eigenvalue weighted by Crippen LogP contribution is 2.45. The van der Waals surface area contributed by atoms with E-state index in [0.717, 1.165) is 17.1 Å². The van der Waals surface area contributed by atoms with Crippen molar-refractivity contribution in [2.75, 3.05) is 0 Å². The van der Waals surface area contributed by atoms with E-state index < -0.39 is 0 Å². The van der Waals surface area contributed by atoms with Gasteiger partial charge in [0.2, 0.25) is 0 Å². The van der Waals surface area contributed by atoms with Gasteiger partial charge in [-0.15, -0.1) is 0 Å². The van der Waals surface area contributed by atoms with Gasteiger partial charge in [-0.25, -0.2) is 0 Å². The van der Waals surface area contributed by atoms with E-state index in [0.29, 0.717) is 0 Å². The van der Waals surface area contributed by atoms with Gasteiger partial charge in [-0.1, -0.05) is 19.3 Å². The molecule has 0 atom stereocenters. The topological polar surface area (TPSA) is 0 Å². The fourth-order valence-electron chi connectivity index (χ4n) is 1.93. The Labute approximate surface area is 62.4 Å². The second-order valence-corrected chi connectivity index (χ2v) is 4.31. The SMILES string of the molecule is SC1CC(C2CCC2)C1. The van der Waals surface area contributed by atoms with E-state index in [4.69, 9.17) is 0 Å². The quantitative estimate of drug-likeness (QED) is 0.534. The maximum Gasteiger partial charge on any atom is 0.00222 e. The van der Waals surface area contributed by atoms with Gasteiger partial charge < -0.3 is 0 Å². The van der Waals surface area contributed by atoms with Crippen molar-refractivity contribution in [2.24, 2.45) is 11.8 Å². The Morgan fingerprint density at radius 3 is 2.00 bits per heavy atom. The summed E-state index contributed by atoms with van der Waals surface area (Å²) in [7, 11) is 0. The van der Waals surface area contributed by atoms with Crippen LogP contribution in [-0.2, 0) is 0 Å². The van der Waals surface area contributed by atoms with E-state index in [-0.39, 0.29) is 0 Å². The van der Waals surface area contributed by atoms with Crippen LogP contribution in [-0.4, -0.2) is 5.25 Å². The largest absolute Gasteiger partial charge is 0.176 e. The lowest BCUT2D eigenvalue weighted by Crippen LogP contribution is -2.34. The molecular weight excluding hydrogens is 128 g/mol. The van der Waals surface area contributed by atoms with Crippen LogP contribution < -0.4 is 0 Å². The molecule has 0 aliphatic heterocycles. The molecular formula is C8H14S. The molecule has 0 nitrogen and oxygen atoms in total. The molecule has 2 rings (SSSR count). The average Bonchev–Trinajstić information content (AvgIpc) is 1.57. The van der Waals surface area contributed by atoms with Crippen molar-refractivity contribution in [1.82, 2.24) is 0 Å². The lowest BCUT2D eigenvalue weighted by atomic mass is 9.67. The van der Waals surface area contributed by atoms with E-state index in [9.17, 15) is 0 Å². The number of hydrogen-bond acceptors (Lipinski definition) is 1. The van der Waals surface area contributed by atoms with E-state index >= 15 is 0 Å². The summed E-state index contributed by atoms with van der Waals surface area (Å²) in [5.74, 6) is 2.20. The van der Waals surface area contributed by atoms with Crippen LogP contribution >= 0.6 is 12.6 Å². The van der Waals surface area contributed by atoms with Crippen molar-refractivity contribution in [3.8, 4) is 0 Å². The fourth-order valence-corrected chi connectivity index (χ4v) is 2.47. The molecule has 2 aliphatic rings. The summed E-state index contributed by atoms with van der Waals surface area (Å²) in [6.07, 6.45) is 7.36. The summed E-state index contributed by atoms with van der Waals surface area (Å²) in [5, 5.41) is 0.760. The standard InChI is InChI=1S/C8H14S/c9-8-4-7(5-8)6-2-1-3-6/h6-9H,1-5H2. The monoisotopic (exact) mass is 142 g/mol. The van der Waals surface area contributed by atoms with Crippen LogP contribution in [0.2, 0.25) is 0 Å². The fraction of sp³-hybridized carbons (Fsp3) is 1.00. The molecule has 0 aromatic rings. The van der Waals surface area contributed by atoms with Crippen LogP contribution in [0, 0.1) is 11.8 Å². The van der Waals surface area contributed by atoms with Gasteiger partial charge in [-0.3, -0.25) is 0 Å². The summed E-state index contributed by atoms with van der Waals surface area (Å²) in [5.41, 5.74) is 0. The van der Waals surface area contributed by atoms with E-state index in [1.807, 2.05) is 0 Å². The van der Waals surface area contributed by atoms with E-state index in [1.54, 1.807) is 0 Å². The zero-order valence-corrected chi connectivity index (χ0v) is 6.61. The molecule has 1 heteroatoms. The third-order valence-corrected chi connectivity index (χ3v) is 3.39. The van der Waals surface area contributed by atoms with Crippen molar-refractivity contribution in [3.63, 3.8) is 0 Å². The van der Waals surface area contributed by atoms with Gasteiger partial charge >= 0.3 is 0 Å². The third kappa shape index (κ3) is 1.000. The smallest absolute Gasteiger partial charge is 0.00222 e. The molecule has 2 fully saturated rings. The first-order valence-electron chi connectivity index (χ1n) is 4.04. The van der Waals surface area contributed by atoms with Crippen molar-refractivity contribution in [2.45, 2.75) is 37.4 Å². The molecule has 0 radical (unpaired) electrons. The maximum absolute atomic E-state index is 4.40. The summed E-state index contributed by atoms with van der Waals surface area (Å²) < 4.78 is 0. The molecule has 0 aromatic heterocycles. The first-order valence-corrected chi connectivity index (χ1v) is 4.56. The molecule has 2 saturated carbocycles. The van der Waals surface area contributed by atoms with E-state index in [2.05, 4.69) is 12.6 Å². The molecule has 0 amide bonds. The zero-order chi connectivity index (χ0) is 6.27. The van der Waals surface area contributed by atoms with E-state index in [1.165, 1.54) is 32.1 Å². The summed E-state index contributed by atoms with van der Waals surface area (Å²) in [6, 6.07) is 0. The summed E-state index contributed by atoms with van der Waals surface area (Å²) >= 11 is 4.40. The predicted molar refractivity (Wildman–Crippen MR) is 42.8 cm³/mol. The second-order valence-electron chi connectivity index (χ2n) is 3.58. The van der Waals surface area contributed by atoms with Crippen LogP contribution in [0.4, 0.5) is 0 Å². The molecule has 0 bridgehead atoms. The highest BCUT2D eigenvalue weighted by atomic mass is 32.1. The van der Waals surface area contributed by atoms with Gasteiger partial charge in [0.15, 0.2) is 0 Å². The first-order chi connectivity index (χ1) is 4.36. The zero-order valence-electron chi connectivity index (χ0n) is 5.71. The normalized spacial score (nSPS) is 43.7. The molecule has 0 heterocycles. The van der Waals surface area contributed by atoms with Gasteiger partial charge in [0.25, 0.3) is 0 Å². The van der Waals surface area contributed by atoms with Crippen LogP contribution in [0.5, 0.6) is 0 Å². The molecule has 0 N–H and O–H groups in total. The van der Waals surface area contributed by atoms with Crippen molar-refractivity contribution in [3.05, 3.63) is 0 Å². The lowest BCUT2D eigenvalue weighted by molar-refractivity contribution is 0.136. The third-order valence-electron chi connectivity index (χ3n) is 2.97. The molecule has 0 aromatic carbocycles. The van der Waals surface area contributed by atoms with Gasteiger partial charge in [0.1, 0.15) is 0 Å². The summed E-state index contributed by atoms with van der Waals surface area (Å²) in [4.78, 5) is 0. The minimum atomic E-state index is 0.760. The van der Waals surface area contributed by atoms with Crippen LogP contribution in [0.3, 0.4) is 0 Å². The summed E-state index contributed by atoms with van der Waals surface area (Å²) in [6.45, 7) is 0. The minimum Gasteiger partial charge on any atom is -0.176 e. The molecule has 52 valence electrons. The number of rotatable bonds is 1. The van der Waals surface area contributed by atoms with Gasteiger partial charge in [-0.05, 0) is 24.7 Å². The minimum absolute atomic E-state index is 0.760. The Balaban J connectivity index is 1.75. The van der Waals surface area contributed by atoms with Gasteiger partial charge in [0.05, 0.1) is 0 Å². The maximum atomic E-state index is 4.40. The number of thiol groups is 1. The number of hydrogen-bond donors (Lipinski definition) is 1. The van der Waals surface area contributed by atoms with Crippen molar-refractivity contribution >= 4 is 12.6 Å². The van der Waals surface area contributed by atoms with Crippen molar-refractivity contribution in [1.29, 1.82) is 0 Å². The Bertz CT molecular complexity index is 101.